The van der Waals surface area contributed by atoms with Crippen LogP contribution in [-0.4, -0.2) is 11.5 Å². The quantitative estimate of drug-likeness (QED) is 0.901. The molecule has 0 aromatic carbocycles. The molecule has 0 saturated carbocycles. The Morgan fingerprint density at radius 3 is 3.00 bits per heavy atom. The van der Waals surface area contributed by atoms with Gasteiger partial charge in [-0.25, -0.2) is 0 Å². The highest BCUT2D eigenvalue weighted by atomic mass is 16.3. The molecule has 1 aliphatic rings. The van der Waals surface area contributed by atoms with Crippen LogP contribution in [0.15, 0.2) is 34.9 Å². The topological polar surface area (TPSA) is 38.1 Å². The van der Waals surface area contributed by atoms with E-state index in [-0.39, 0.29) is 6.04 Å². The van der Waals surface area contributed by atoms with Crippen molar-refractivity contribution in [3.63, 3.8) is 0 Å². The number of hydrogen-bond donors (Lipinski definition) is 1. The van der Waals surface area contributed by atoms with Crippen LogP contribution in [0.2, 0.25) is 0 Å². The van der Waals surface area contributed by atoms with Gasteiger partial charge in [-0.15, -0.1) is 0 Å². The molecule has 2 atom stereocenters. The summed E-state index contributed by atoms with van der Waals surface area (Å²) in [5.41, 5.74) is 2.63. The zero-order valence-electron chi connectivity index (χ0n) is 12.2. The fourth-order valence-corrected chi connectivity index (χ4v) is 3.18. The van der Waals surface area contributed by atoms with Gasteiger partial charge in [0, 0.05) is 24.2 Å². The minimum absolute atomic E-state index is 0.233. The number of aromatic nitrogens is 1. The highest BCUT2D eigenvalue weighted by Gasteiger charge is 2.33. The summed E-state index contributed by atoms with van der Waals surface area (Å²) in [6, 6.07) is 8.67. The van der Waals surface area contributed by atoms with Crippen molar-refractivity contribution in [1.82, 2.24) is 10.3 Å². The summed E-state index contributed by atoms with van der Waals surface area (Å²) >= 11 is 0. The summed E-state index contributed by atoms with van der Waals surface area (Å²) < 4.78 is 5.98. The Balaban J connectivity index is 1.92. The second kappa shape index (κ2) is 5.80. The number of furan rings is 1. The first-order valence-electron chi connectivity index (χ1n) is 7.59. The highest BCUT2D eigenvalue weighted by molar-refractivity contribution is 5.31. The second-order valence-corrected chi connectivity index (χ2v) is 5.39. The maximum atomic E-state index is 5.98. The first-order valence-corrected chi connectivity index (χ1v) is 7.59. The number of pyridine rings is 1. The molecule has 2 aromatic rings. The molecule has 0 bridgehead atoms. The van der Waals surface area contributed by atoms with Gasteiger partial charge in [-0.05, 0) is 43.1 Å². The molecule has 3 rings (SSSR count). The molecule has 2 aromatic heterocycles. The van der Waals surface area contributed by atoms with Crippen molar-refractivity contribution in [1.29, 1.82) is 0 Å². The Bertz CT molecular complexity index is 576. The van der Waals surface area contributed by atoms with Crippen molar-refractivity contribution in [3.8, 4) is 0 Å². The lowest BCUT2D eigenvalue weighted by Crippen LogP contribution is -2.26. The van der Waals surface area contributed by atoms with Gasteiger partial charge in [0.25, 0.3) is 0 Å². The van der Waals surface area contributed by atoms with Crippen molar-refractivity contribution in [2.24, 2.45) is 0 Å². The summed E-state index contributed by atoms with van der Waals surface area (Å²) in [6.45, 7) is 5.20. The monoisotopic (exact) mass is 270 g/mol. The van der Waals surface area contributed by atoms with E-state index < -0.39 is 0 Å². The molecule has 0 amide bonds. The molecule has 20 heavy (non-hydrogen) atoms. The van der Waals surface area contributed by atoms with Gasteiger partial charge in [-0.3, -0.25) is 4.98 Å². The van der Waals surface area contributed by atoms with Gasteiger partial charge < -0.3 is 9.73 Å². The largest absolute Gasteiger partial charge is 0.464 e. The molecule has 0 aliphatic heterocycles. The Morgan fingerprint density at radius 2 is 2.25 bits per heavy atom. The molecule has 1 N–H and O–H groups in total. The SMILES string of the molecule is CCNC(c1ccc(CC)o1)C1CCc2cccnc21. The van der Waals surface area contributed by atoms with Gasteiger partial charge in [0.2, 0.25) is 0 Å². The van der Waals surface area contributed by atoms with E-state index in [9.17, 15) is 0 Å². The maximum Gasteiger partial charge on any atom is 0.121 e. The van der Waals surface area contributed by atoms with Gasteiger partial charge in [-0.1, -0.05) is 19.9 Å². The average Bonchev–Trinajstić information content (AvgIpc) is 3.12. The molecule has 106 valence electrons. The number of aryl methyl sites for hydroxylation is 2. The van der Waals surface area contributed by atoms with E-state index in [4.69, 9.17) is 4.42 Å². The van der Waals surface area contributed by atoms with Crippen LogP contribution in [0, 0.1) is 0 Å². The van der Waals surface area contributed by atoms with E-state index in [1.165, 1.54) is 11.3 Å². The van der Waals surface area contributed by atoms with Crippen LogP contribution >= 0.6 is 0 Å². The summed E-state index contributed by atoms with van der Waals surface area (Å²) in [5.74, 6) is 2.52. The second-order valence-electron chi connectivity index (χ2n) is 5.39. The summed E-state index contributed by atoms with van der Waals surface area (Å²) in [7, 11) is 0. The third-order valence-corrected chi connectivity index (χ3v) is 4.17. The number of rotatable bonds is 5. The van der Waals surface area contributed by atoms with Gasteiger partial charge in [0.05, 0.1) is 6.04 Å². The third kappa shape index (κ3) is 2.38. The zero-order chi connectivity index (χ0) is 13.9. The Morgan fingerprint density at radius 1 is 1.35 bits per heavy atom. The molecule has 1 aliphatic carbocycles. The van der Waals surface area contributed by atoms with Crippen LogP contribution in [0.25, 0.3) is 0 Å². The molecular weight excluding hydrogens is 248 g/mol. The minimum atomic E-state index is 0.233. The lowest BCUT2D eigenvalue weighted by molar-refractivity contribution is 0.354. The Hall–Kier alpha value is -1.61. The van der Waals surface area contributed by atoms with E-state index in [2.05, 4.69) is 42.3 Å². The summed E-state index contributed by atoms with van der Waals surface area (Å²) in [6.07, 6.45) is 5.11. The van der Waals surface area contributed by atoms with Crippen molar-refractivity contribution in [2.45, 2.75) is 45.1 Å². The van der Waals surface area contributed by atoms with Crippen LogP contribution in [0.4, 0.5) is 0 Å². The minimum Gasteiger partial charge on any atom is -0.464 e. The Kier molecular flexibility index (Phi) is 3.88. The standard InChI is InChI=1S/C17H22N2O/c1-3-13-8-10-15(20-13)17(18-4-2)14-9-7-12-6-5-11-19-16(12)14/h5-6,8,10-11,14,17-18H,3-4,7,9H2,1-2H3. The van der Waals surface area contributed by atoms with Gasteiger partial charge >= 0.3 is 0 Å². The van der Waals surface area contributed by atoms with Gasteiger partial charge in [0.15, 0.2) is 0 Å². The predicted molar refractivity (Wildman–Crippen MR) is 79.8 cm³/mol. The molecule has 0 spiro atoms. The molecule has 0 fully saturated rings. The summed E-state index contributed by atoms with van der Waals surface area (Å²) in [5, 5.41) is 3.59. The van der Waals surface area contributed by atoms with Crippen molar-refractivity contribution >= 4 is 0 Å². The fraction of sp³-hybridized carbons (Fsp3) is 0.471. The van der Waals surface area contributed by atoms with Crippen LogP contribution < -0.4 is 5.32 Å². The number of likely N-dealkylation sites (N-methyl/N-ethyl adjacent to an activating group) is 1. The number of fused-ring (bicyclic) bond motifs is 1. The zero-order valence-corrected chi connectivity index (χ0v) is 12.2. The average molecular weight is 270 g/mol. The van der Waals surface area contributed by atoms with E-state index in [0.717, 1.165) is 37.3 Å². The van der Waals surface area contributed by atoms with E-state index in [1.807, 2.05) is 12.3 Å². The Labute approximate surface area is 120 Å². The molecule has 0 saturated heterocycles. The highest BCUT2D eigenvalue weighted by Crippen LogP contribution is 2.40. The maximum absolute atomic E-state index is 5.98. The molecular formula is C17H22N2O. The predicted octanol–water partition coefficient (Wildman–Crippen LogP) is 3.62. The van der Waals surface area contributed by atoms with Gasteiger partial charge in [-0.2, -0.15) is 0 Å². The van der Waals surface area contributed by atoms with E-state index in [0.29, 0.717) is 5.92 Å². The molecule has 2 unspecified atom stereocenters. The van der Waals surface area contributed by atoms with Crippen molar-refractivity contribution < 1.29 is 4.42 Å². The number of hydrogen-bond acceptors (Lipinski definition) is 3. The smallest absolute Gasteiger partial charge is 0.121 e. The lowest BCUT2D eigenvalue weighted by atomic mass is 9.95. The molecule has 3 nitrogen and oxygen atoms in total. The van der Waals surface area contributed by atoms with E-state index >= 15 is 0 Å². The van der Waals surface area contributed by atoms with Crippen molar-refractivity contribution in [3.05, 3.63) is 53.2 Å². The van der Waals surface area contributed by atoms with Crippen LogP contribution in [0.1, 0.15) is 55.0 Å². The molecule has 3 heteroatoms. The third-order valence-electron chi connectivity index (χ3n) is 4.17. The first-order chi connectivity index (χ1) is 9.83. The van der Waals surface area contributed by atoms with Crippen LogP contribution in [0.5, 0.6) is 0 Å². The van der Waals surface area contributed by atoms with Gasteiger partial charge in [0.1, 0.15) is 11.5 Å². The normalized spacial score (nSPS) is 19.0. The number of nitrogens with zero attached hydrogens (tertiary/aromatic N) is 1. The molecule has 0 radical (unpaired) electrons. The lowest BCUT2D eigenvalue weighted by Gasteiger charge is -2.22. The molecule has 2 heterocycles. The fourth-order valence-electron chi connectivity index (χ4n) is 3.18. The number of nitrogens with one attached hydrogen (secondary N) is 1. The van der Waals surface area contributed by atoms with Crippen LogP contribution in [-0.2, 0) is 12.8 Å². The van der Waals surface area contributed by atoms with E-state index in [1.54, 1.807) is 0 Å². The van der Waals surface area contributed by atoms with Crippen molar-refractivity contribution in [2.75, 3.05) is 6.54 Å². The van der Waals surface area contributed by atoms with Crippen LogP contribution in [0.3, 0.4) is 0 Å². The first kappa shape index (κ1) is 13.4. The summed E-state index contributed by atoms with van der Waals surface area (Å²) in [4.78, 5) is 4.61.